The summed E-state index contributed by atoms with van der Waals surface area (Å²) in [6.45, 7) is 0. The van der Waals surface area contributed by atoms with Crippen molar-refractivity contribution in [3.63, 3.8) is 0 Å². The van der Waals surface area contributed by atoms with E-state index in [-0.39, 0.29) is 0 Å². The molecule has 4 unspecified atom stereocenters. The van der Waals surface area contributed by atoms with Crippen molar-refractivity contribution in [1.82, 2.24) is 40.5 Å². The van der Waals surface area contributed by atoms with Gasteiger partial charge in [-0.05, 0) is 85.0 Å². The van der Waals surface area contributed by atoms with Crippen LogP contribution in [0.2, 0.25) is 0 Å². The highest BCUT2D eigenvalue weighted by Crippen LogP contribution is 2.46. The van der Waals surface area contributed by atoms with E-state index in [0.717, 1.165) is 79.0 Å². The number of nitrogens with one attached hydrogen (secondary N) is 4. The molecule has 6 aromatic rings. The maximum atomic E-state index is 4.96. The van der Waals surface area contributed by atoms with Crippen LogP contribution in [0.3, 0.4) is 0 Å². The van der Waals surface area contributed by atoms with Gasteiger partial charge in [0.15, 0.2) is 0 Å². The number of nitrogens with zero attached hydrogens (tertiary/aromatic N) is 4. The lowest BCUT2D eigenvalue weighted by atomic mass is 10.0. The molecule has 8 nitrogen and oxygen atoms in total. The summed E-state index contributed by atoms with van der Waals surface area (Å²) in [5.74, 6) is 3.80. The van der Waals surface area contributed by atoms with Crippen molar-refractivity contribution in [1.29, 1.82) is 0 Å². The number of hydrogen-bond acceptors (Lipinski definition) is 6. The van der Waals surface area contributed by atoms with Crippen LogP contribution >= 0.6 is 0 Å². The fourth-order valence-electron chi connectivity index (χ4n) is 7.12. The number of hydrogen-bond donors (Lipinski definition) is 4. The lowest BCUT2D eigenvalue weighted by molar-refractivity contribution is 0.544. The van der Waals surface area contributed by atoms with Crippen LogP contribution in [0.5, 0.6) is 0 Å². The molecule has 3 aromatic carbocycles. The molecule has 8 heteroatoms. The van der Waals surface area contributed by atoms with E-state index in [1.54, 1.807) is 0 Å². The molecule has 0 radical (unpaired) electrons. The first kappa shape index (κ1) is 21.7. The quantitative estimate of drug-likeness (QED) is 0.240. The number of piperidine rings is 2. The van der Waals surface area contributed by atoms with Crippen molar-refractivity contribution in [3.05, 3.63) is 72.4 Å². The van der Waals surface area contributed by atoms with E-state index in [4.69, 9.17) is 19.9 Å². The summed E-state index contributed by atoms with van der Waals surface area (Å²) in [7, 11) is 0. The van der Waals surface area contributed by atoms with Crippen LogP contribution < -0.4 is 10.6 Å². The molecule has 0 amide bonds. The zero-order valence-electron chi connectivity index (χ0n) is 21.9. The molecule has 0 bridgehead atoms. The Morgan fingerprint density at radius 2 is 1.12 bits per heavy atom. The molecule has 2 saturated heterocycles. The Kier molecular flexibility index (Phi) is 4.19. The summed E-state index contributed by atoms with van der Waals surface area (Å²) in [5.41, 5.74) is 10.1. The van der Waals surface area contributed by atoms with E-state index < -0.39 is 0 Å². The van der Waals surface area contributed by atoms with Crippen LogP contribution in [0, 0.1) is 11.8 Å². The minimum absolute atomic E-state index is 0.347. The number of H-pyrrole nitrogens is 2. The van der Waals surface area contributed by atoms with E-state index in [0.29, 0.717) is 24.2 Å². The molecule has 3 aromatic heterocycles. The average molecular weight is 525 g/mol. The molecular weight excluding hydrogens is 496 g/mol. The number of aromatic nitrogens is 6. The summed E-state index contributed by atoms with van der Waals surface area (Å²) in [6.07, 6.45) is 6.90. The van der Waals surface area contributed by atoms with Crippen LogP contribution in [0.15, 0.2) is 60.8 Å². The summed E-state index contributed by atoms with van der Waals surface area (Å²) < 4.78 is 0. The highest BCUT2D eigenvalue weighted by Gasteiger charge is 2.47. The van der Waals surface area contributed by atoms with Gasteiger partial charge >= 0.3 is 0 Å². The molecule has 4 fully saturated rings. The van der Waals surface area contributed by atoms with Crippen molar-refractivity contribution in [2.24, 2.45) is 11.8 Å². The largest absolute Gasteiger partial charge is 0.341 e. The van der Waals surface area contributed by atoms with Gasteiger partial charge in [0.2, 0.25) is 0 Å². The summed E-state index contributed by atoms with van der Waals surface area (Å²) in [4.78, 5) is 26.6. The predicted molar refractivity (Wildman–Crippen MR) is 154 cm³/mol. The maximum Gasteiger partial charge on any atom is 0.124 e. The minimum Gasteiger partial charge on any atom is -0.341 e. The summed E-state index contributed by atoms with van der Waals surface area (Å²) >= 11 is 0. The number of rotatable bonds is 4. The Balaban J connectivity index is 0.942. The molecule has 4 aliphatic rings. The Morgan fingerprint density at radius 3 is 1.75 bits per heavy atom. The third-order valence-electron chi connectivity index (χ3n) is 9.58. The normalized spacial score (nSPS) is 28.4. The van der Waals surface area contributed by atoms with Gasteiger partial charge in [-0.2, -0.15) is 0 Å². The Labute approximate surface area is 230 Å². The molecule has 5 heterocycles. The van der Waals surface area contributed by atoms with Crippen LogP contribution in [0.25, 0.3) is 55.5 Å². The molecule has 4 N–H and O–H groups in total. The smallest absolute Gasteiger partial charge is 0.124 e. The van der Waals surface area contributed by atoms with Gasteiger partial charge in [-0.15, -0.1) is 0 Å². The maximum absolute atomic E-state index is 4.96. The second kappa shape index (κ2) is 7.74. The van der Waals surface area contributed by atoms with Gasteiger partial charge < -0.3 is 20.6 Å². The van der Waals surface area contributed by atoms with Gasteiger partial charge in [-0.3, -0.25) is 4.98 Å². The molecule has 2 aliphatic heterocycles. The Hall–Kier alpha value is -4.14. The molecular formula is C32H28N8. The third kappa shape index (κ3) is 3.39. The van der Waals surface area contributed by atoms with E-state index in [1.165, 1.54) is 25.7 Å². The molecule has 2 saturated carbocycles. The Bertz CT molecular complexity index is 1820. The van der Waals surface area contributed by atoms with Gasteiger partial charge in [0, 0.05) is 17.6 Å². The van der Waals surface area contributed by atoms with Crippen molar-refractivity contribution in [2.75, 3.05) is 0 Å². The van der Waals surface area contributed by atoms with E-state index >= 15 is 0 Å². The SMILES string of the molecule is c1cc2nc(-c3ccc4nc([C@@H]5CC6CC6N5)[nH]c4c3)cnc2cc1-c1ccc2nc([C@@H]3CC4CC4N3)[nH]c2c1. The highest BCUT2D eigenvalue weighted by atomic mass is 15.1. The van der Waals surface area contributed by atoms with Gasteiger partial charge in [0.05, 0.1) is 57.1 Å². The third-order valence-corrected chi connectivity index (χ3v) is 9.58. The molecule has 6 atom stereocenters. The van der Waals surface area contributed by atoms with Crippen molar-refractivity contribution in [2.45, 2.75) is 49.9 Å². The van der Waals surface area contributed by atoms with Crippen LogP contribution in [0.4, 0.5) is 0 Å². The zero-order chi connectivity index (χ0) is 25.9. The van der Waals surface area contributed by atoms with Crippen molar-refractivity contribution < 1.29 is 0 Å². The van der Waals surface area contributed by atoms with Crippen LogP contribution in [0.1, 0.15) is 49.4 Å². The van der Waals surface area contributed by atoms with Gasteiger partial charge in [0.25, 0.3) is 0 Å². The van der Waals surface area contributed by atoms with Crippen LogP contribution in [-0.4, -0.2) is 42.0 Å². The second-order valence-corrected chi connectivity index (χ2v) is 12.3. The molecule has 40 heavy (non-hydrogen) atoms. The van der Waals surface area contributed by atoms with E-state index in [1.807, 2.05) is 6.20 Å². The second-order valence-electron chi connectivity index (χ2n) is 12.3. The highest BCUT2D eigenvalue weighted by molar-refractivity contribution is 5.87. The van der Waals surface area contributed by atoms with Crippen molar-refractivity contribution in [3.8, 4) is 22.4 Å². The predicted octanol–water partition coefficient (Wildman–Crippen LogP) is 5.56. The molecule has 10 rings (SSSR count). The fraction of sp³-hybridized carbons (Fsp3) is 0.312. The average Bonchev–Trinajstić information content (AvgIpc) is 3.57. The Morgan fingerprint density at radius 1 is 0.550 bits per heavy atom. The van der Waals surface area contributed by atoms with E-state index in [9.17, 15) is 0 Å². The van der Waals surface area contributed by atoms with Gasteiger partial charge in [-0.25, -0.2) is 15.0 Å². The first-order chi connectivity index (χ1) is 19.7. The lowest BCUT2D eigenvalue weighted by Gasteiger charge is -2.08. The topological polar surface area (TPSA) is 107 Å². The molecule has 196 valence electrons. The zero-order valence-corrected chi connectivity index (χ0v) is 21.9. The number of imidazole rings is 2. The fourth-order valence-corrected chi connectivity index (χ4v) is 7.12. The lowest BCUT2D eigenvalue weighted by Crippen LogP contribution is -2.18. The number of fused-ring (bicyclic) bond motifs is 5. The first-order valence-corrected chi connectivity index (χ1v) is 14.5. The van der Waals surface area contributed by atoms with Gasteiger partial charge in [-0.1, -0.05) is 18.2 Å². The summed E-state index contributed by atoms with van der Waals surface area (Å²) in [6, 6.07) is 21.2. The summed E-state index contributed by atoms with van der Waals surface area (Å²) in [5, 5.41) is 7.38. The van der Waals surface area contributed by atoms with Gasteiger partial charge in [0.1, 0.15) is 11.6 Å². The molecule has 0 spiro atoms. The molecule has 2 aliphatic carbocycles. The first-order valence-electron chi connectivity index (χ1n) is 14.5. The monoisotopic (exact) mass is 524 g/mol. The van der Waals surface area contributed by atoms with Crippen molar-refractivity contribution >= 4 is 33.1 Å². The van der Waals surface area contributed by atoms with Crippen LogP contribution in [-0.2, 0) is 0 Å². The standard InChI is InChI=1S/C32H28N8/c1-4-20-25(7-15(1)16-2-5-21-26(8-16)39-31(37-21)28-12-18-10-23(18)35-28)33-14-30(34-20)17-3-6-22-27(9-17)40-32(38-22)29-13-19-11-24(19)36-29/h1-9,14,18-19,23-24,28-29,35-36H,10-13H2,(H,37,39)(H,38,40)/t18?,19?,23?,24?,28-,29-/m0/s1. The minimum atomic E-state index is 0.347. The van der Waals surface area contributed by atoms with E-state index in [2.05, 4.69) is 75.2 Å². The number of aromatic amines is 2. The number of benzene rings is 3.